The van der Waals surface area contributed by atoms with Crippen LogP contribution in [0.1, 0.15) is 44.1 Å². The second-order valence-electron chi connectivity index (χ2n) is 9.00. The van der Waals surface area contributed by atoms with Crippen molar-refractivity contribution in [1.82, 2.24) is 10.2 Å². The number of carbonyl (C=O) groups is 3. The Morgan fingerprint density at radius 2 is 1.78 bits per heavy atom. The fourth-order valence-corrected chi connectivity index (χ4v) is 5.40. The number of hydrogen-bond donors (Lipinski definition) is 2. The molecule has 36 heavy (non-hydrogen) atoms. The summed E-state index contributed by atoms with van der Waals surface area (Å²) < 4.78 is 13.1. The lowest BCUT2D eigenvalue weighted by Gasteiger charge is -2.25. The second kappa shape index (κ2) is 10.6. The van der Waals surface area contributed by atoms with Crippen molar-refractivity contribution < 1.29 is 18.8 Å². The van der Waals surface area contributed by atoms with E-state index in [4.69, 9.17) is 0 Å². The molecule has 0 bridgehead atoms. The molecule has 2 heterocycles. The summed E-state index contributed by atoms with van der Waals surface area (Å²) in [6, 6.07) is 12.1. The van der Waals surface area contributed by atoms with Crippen LogP contribution in [-0.4, -0.2) is 51.5 Å². The maximum Gasteiger partial charge on any atom is 0.259 e. The fraction of sp³-hybridized carbons (Fsp3) is 0.346. The number of hydrogen-bond acceptors (Lipinski definition) is 6. The van der Waals surface area contributed by atoms with Gasteiger partial charge in [0.1, 0.15) is 17.7 Å². The van der Waals surface area contributed by atoms with Gasteiger partial charge in [-0.05, 0) is 49.2 Å². The van der Waals surface area contributed by atoms with Gasteiger partial charge in [0.2, 0.25) is 11.8 Å². The number of nitrogens with one attached hydrogen (secondary N) is 2. The molecule has 0 saturated heterocycles. The van der Waals surface area contributed by atoms with Crippen LogP contribution in [0.15, 0.2) is 58.5 Å². The third-order valence-electron chi connectivity index (χ3n) is 6.36. The molecule has 1 aliphatic carbocycles. The lowest BCUT2D eigenvalue weighted by Crippen LogP contribution is -2.43. The topological polar surface area (TPSA) is 103 Å². The summed E-state index contributed by atoms with van der Waals surface area (Å²) in [7, 11) is 0. The van der Waals surface area contributed by atoms with Crippen molar-refractivity contribution in [3.63, 3.8) is 0 Å². The summed E-state index contributed by atoms with van der Waals surface area (Å²) in [6.07, 6.45) is 5.30. The molecule has 2 aromatic carbocycles. The molecule has 8 nitrogen and oxygen atoms in total. The first-order valence-electron chi connectivity index (χ1n) is 12.1. The van der Waals surface area contributed by atoms with Crippen molar-refractivity contribution >= 4 is 51.9 Å². The number of thioether (sulfide) groups is 1. The predicted molar refractivity (Wildman–Crippen MR) is 138 cm³/mol. The maximum atomic E-state index is 13.4. The van der Waals surface area contributed by atoms with Crippen LogP contribution in [0.2, 0.25) is 0 Å². The Morgan fingerprint density at radius 3 is 2.56 bits per heavy atom. The van der Waals surface area contributed by atoms with Crippen molar-refractivity contribution in [3.8, 4) is 0 Å². The van der Waals surface area contributed by atoms with Gasteiger partial charge in [-0.25, -0.2) is 14.3 Å². The van der Waals surface area contributed by atoms with E-state index in [0.29, 0.717) is 27.9 Å². The van der Waals surface area contributed by atoms with Gasteiger partial charge in [0.15, 0.2) is 5.17 Å². The smallest absolute Gasteiger partial charge is 0.259 e. The molecule has 2 N–H and O–H groups in total. The summed E-state index contributed by atoms with van der Waals surface area (Å²) in [4.78, 5) is 49.2. The quantitative estimate of drug-likeness (QED) is 0.617. The van der Waals surface area contributed by atoms with Gasteiger partial charge in [0.25, 0.3) is 5.91 Å². The predicted octanol–water partition coefficient (Wildman–Crippen LogP) is 4.00. The highest BCUT2D eigenvalue weighted by atomic mass is 32.2. The van der Waals surface area contributed by atoms with Gasteiger partial charge >= 0.3 is 0 Å². The number of para-hydroxylation sites is 1. The van der Waals surface area contributed by atoms with Gasteiger partial charge in [0.05, 0.1) is 17.9 Å². The van der Waals surface area contributed by atoms with Crippen LogP contribution in [0.25, 0.3) is 0 Å². The second-order valence-corrected chi connectivity index (χ2v) is 9.95. The monoisotopic (exact) mass is 507 g/mol. The largest absolute Gasteiger partial charge is 0.353 e. The molecule has 1 unspecified atom stereocenters. The summed E-state index contributed by atoms with van der Waals surface area (Å²) in [5.41, 5.74) is 1.83. The van der Waals surface area contributed by atoms with Crippen LogP contribution in [0.4, 0.5) is 15.8 Å². The van der Waals surface area contributed by atoms with E-state index in [-0.39, 0.29) is 41.8 Å². The molecule has 1 saturated carbocycles. The lowest BCUT2D eigenvalue weighted by atomic mass is 9.95. The van der Waals surface area contributed by atoms with Gasteiger partial charge < -0.3 is 10.6 Å². The average molecular weight is 508 g/mol. The summed E-state index contributed by atoms with van der Waals surface area (Å²) in [5.74, 6) is -0.781. The first-order chi connectivity index (χ1) is 17.5. The van der Waals surface area contributed by atoms with Gasteiger partial charge in [-0.2, -0.15) is 0 Å². The number of amides is 3. The van der Waals surface area contributed by atoms with Crippen LogP contribution in [-0.2, 0) is 14.4 Å². The molecular formula is C26H26FN5O3S. The van der Waals surface area contributed by atoms with E-state index < -0.39 is 6.04 Å². The normalized spacial score (nSPS) is 19.2. The molecule has 2 aromatic rings. The van der Waals surface area contributed by atoms with Crippen molar-refractivity contribution in [1.29, 1.82) is 0 Å². The summed E-state index contributed by atoms with van der Waals surface area (Å²) >= 11 is 1.11. The van der Waals surface area contributed by atoms with Crippen LogP contribution in [0.3, 0.4) is 0 Å². The van der Waals surface area contributed by atoms with Gasteiger partial charge in [-0.1, -0.05) is 43.2 Å². The maximum absolute atomic E-state index is 13.4. The first-order valence-corrected chi connectivity index (χ1v) is 13.0. The number of benzene rings is 2. The Kier molecular flexibility index (Phi) is 7.13. The van der Waals surface area contributed by atoms with Gasteiger partial charge in [-0.15, -0.1) is 0 Å². The van der Waals surface area contributed by atoms with Crippen molar-refractivity contribution in [2.45, 2.75) is 50.6 Å². The number of aliphatic imine (C=N–C) groups is 2. The highest BCUT2D eigenvalue weighted by molar-refractivity contribution is 8.14. The Hall–Kier alpha value is -3.53. The zero-order chi connectivity index (χ0) is 25.1. The van der Waals surface area contributed by atoms with Crippen molar-refractivity contribution in [3.05, 3.63) is 59.9 Å². The van der Waals surface area contributed by atoms with E-state index in [1.54, 1.807) is 0 Å². The molecule has 0 aromatic heterocycles. The molecule has 2 aliphatic heterocycles. The minimum atomic E-state index is -0.839. The van der Waals surface area contributed by atoms with Gasteiger partial charge in [-0.3, -0.25) is 19.4 Å². The number of amidine groups is 2. The zero-order valence-electron chi connectivity index (χ0n) is 19.6. The highest BCUT2D eigenvalue weighted by Gasteiger charge is 2.42. The number of anilines is 1. The molecule has 5 rings (SSSR count). The van der Waals surface area contributed by atoms with E-state index in [2.05, 4.69) is 20.6 Å². The minimum Gasteiger partial charge on any atom is -0.353 e. The molecule has 10 heteroatoms. The highest BCUT2D eigenvalue weighted by Crippen LogP contribution is 2.34. The standard InChI is InChI=1S/C26H26FN5O3S/c27-16-10-12-18(13-11-16)29-23(34)15-36-26-31-20-9-5-4-8-19(20)24-30-21(25(35)32(24)26)14-22(33)28-17-6-2-1-3-7-17/h4-5,8-13,17,21H,1-3,6-7,14-15H2,(H,28,33)(H,29,34). The zero-order valence-corrected chi connectivity index (χ0v) is 20.4. The number of halogens is 1. The van der Waals surface area contributed by atoms with Gasteiger partial charge in [0, 0.05) is 17.3 Å². The van der Waals surface area contributed by atoms with E-state index in [9.17, 15) is 18.8 Å². The van der Waals surface area contributed by atoms with E-state index in [0.717, 1.165) is 37.4 Å². The van der Waals surface area contributed by atoms with E-state index in [1.807, 2.05) is 24.3 Å². The summed E-state index contributed by atoms with van der Waals surface area (Å²) in [5, 5.41) is 6.09. The Morgan fingerprint density at radius 1 is 1.03 bits per heavy atom. The minimum absolute atomic E-state index is 0.0116. The SMILES string of the molecule is O=C(CSC1=Nc2ccccc2C2=NC(CC(=O)NC3CCCCC3)C(=O)N12)Nc1ccc(F)cc1. The Balaban J connectivity index is 1.29. The Labute approximate surface area is 212 Å². The first kappa shape index (κ1) is 24.2. The van der Waals surface area contributed by atoms with Crippen LogP contribution in [0, 0.1) is 5.82 Å². The Bertz CT molecular complexity index is 1240. The van der Waals surface area contributed by atoms with Crippen molar-refractivity contribution in [2.75, 3.05) is 11.1 Å². The van der Waals surface area contributed by atoms with E-state index >= 15 is 0 Å². The number of carbonyl (C=O) groups excluding carboxylic acids is 3. The van der Waals surface area contributed by atoms with Crippen molar-refractivity contribution in [2.24, 2.45) is 9.98 Å². The summed E-state index contributed by atoms with van der Waals surface area (Å²) in [6.45, 7) is 0. The van der Waals surface area contributed by atoms with E-state index in [1.165, 1.54) is 35.6 Å². The number of rotatable bonds is 6. The molecular weight excluding hydrogens is 481 g/mol. The molecule has 3 aliphatic rings. The number of fused-ring (bicyclic) bond motifs is 3. The lowest BCUT2D eigenvalue weighted by molar-refractivity contribution is -0.129. The molecule has 1 fully saturated rings. The fourth-order valence-electron chi connectivity index (χ4n) is 4.60. The molecule has 186 valence electrons. The number of nitrogens with zero attached hydrogens (tertiary/aromatic N) is 3. The third kappa shape index (κ3) is 5.33. The van der Waals surface area contributed by atoms with Crippen LogP contribution < -0.4 is 10.6 Å². The molecule has 3 amide bonds. The molecule has 0 spiro atoms. The molecule has 1 atom stereocenters. The molecule has 0 radical (unpaired) electrons. The van der Waals surface area contributed by atoms with Crippen LogP contribution in [0.5, 0.6) is 0 Å². The average Bonchev–Trinajstić information content (AvgIpc) is 3.20. The van der Waals surface area contributed by atoms with Crippen LogP contribution >= 0.6 is 11.8 Å². The third-order valence-corrected chi connectivity index (χ3v) is 7.30.